The molecule has 1 N–H and O–H groups in total. The molecule has 2 heterocycles. The van der Waals surface area contributed by atoms with Crippen LogP contribution in [-0.4, -0.2) is 28.5 Å². The Morgan fingerprint density at radius 2 is 1.86 bits per heavy atom. The number of imidazole rings is 1. The summed E-state index contributed by atoms with van der Waals surface area (Å²) in [5, 5.41) is 2.81. The summed E-state index contributed by atoms with van der Waals surface area (Å²) >= 11 is 3.51. The van der Waals surface area contributed by atoms with Crippen LogP contribution in [0.4, 0.5) is 5.69 Å². The molecule has 188 valence electrons. The second-order valence-electron chi connectivity index (χ2n) is 8.54. The summed E-state index contributed by atoms with van der Waals surface area (Å²) in [6.07, 6.45) is 1.84. The molecule has 0 aliphatic carbocycles. The molecule has 5 aromatic rings. The normalized spacial score (nSPS) is 11.8. The Bertz CT molecular complexity index is 1740. The van der Waals surface area contributed by atoms with Gasteiger partial charge in [-0.25, -0.2) is 9.38 Å². The summed E-state index contributed by atoms with van der Waals surface area (Å²) in [4.78, 5) is 31.0. The van der Waals surface area contributed by atoms with Gasteiger partial charge >= 0.3 is 0 Å². The van der Waals surface area contributed by atoms with Crippen molar-refractivity contribution in [2.24, 2.45) is 0 Å². The summed E-state index contributed by atoms with van der Waals surface area (Å²) in [6, 6.07) is 17.0. The SMILES string of the molecule is CCOc1cc(/C=c2\sc3nc4cc(C)c(C)cc4n3c2=O)cc(I)c1OCC(=O)Nc1ccccc1. The van der Waals surface area contributed by atoms with E-state index in [0.29, 0.717) is 33.3 Å². The van der Waals surface area contributed by atoms with Crippen LogP contribution in [0.2, 0.25) is 0 Å². The maximum Gasteiger partial charge on any atom is 0.274 e. The van der Waals surface area contributed by atoms with Crippen LogP contribution >= 0.6 is 33.9 Å². The van der Waals surface area contributed by atoms with Crippen molar-refractivity contribution in [2.75, 3.05) is 18.5 Å². The van der Waals surface area contributed by atoms with Crippen LogP contribution in [0.3, 0.4) is 0 Å². The first-order valence-corrected chi connectivity index (χ1v) is 13.6. The molecule has 0 fully saturated rings. The molecule has 7 nitrogen and oxygen atoms in total. The van der Waals surface area contributed by atoms with Gasteiger partial charge in [-0.05, 0) is 103 Å². The van der Waals surface area contributed by atoms with Gasteiger partial charge in [-0.2, -0.15) is 0 Å². The Morgan fingerprint density at radius 3 is 2.62 bits per heavy atom. The van der Waals surface area contributed by atoms with E-state index in [1.165, 1.54) is 11.3 Å². The zero-order chi connectivity index (χ0) is 26.1. The molecule has 0 saturated carbocycles. The summed E-state index contributed by atoms with van der Waals surface area (Å²) in [5.41, 5.74) is 5.31. The minimum absolute atomic E-state index is 0.100. The van der Waals surface area contributed by atoms with Gasteiger partial charge in [0.15, 0.2) is 23.1 Å². The molecule has 0 atom stereocenters. The highest BCUT2D eigenvalue weighted by Crippen LogP contribution is 2.34. The summed E-state index contributed by atoms with van der Waals surface area (Å²) in [5.74, 6) is 0.733. The van der Waals surface area contributed by atoms with Gasteiger partial charge in [0, 0.05) is 5.69 Å². The molecule has 0 spiro atoms. The molecule has 0 saturated heterocycles. The van der Waals surface area contributed by atoms with Crippen LogP contribution in [0.5, 0.6) is 11.5 Å². The molecule has 0 aliphatic heterocycles. The van der Waals surface area contributed by atoms with Crippen LogP contribution in [0.15, 0.2) is 59.4 Å². The number of anilines is 1. The smallest absolute Gasteiger partial charge is 0.274 e. The van der Waals surface area contributed by atoms with Crippen LogP contribution in [0, 0.1) is 17.4 Å². The lowest BCUT2D eigenvalue weighted by Crippen LogP contribution is -2.22. The van der Waals surface area contributed by atoms with Gasteiger partial charge in [0.05, 0.1) is 25.7 Å². The quantitative estimate of drug-likeness (QED) is 0.255. The van der Waals surface area contributed by atoms with Gasteiger partial charge in [-0.15, -0.1) is 0 Å². The fourth-order valence-electron chi connectivity index (χ4n) is 4.00. The van der Waals surface area contributed by atoms with Crippen molar-refractivity contribution in [1.29, 1.82) is 0 Å². The third-order valence-electron chi connectivity index (χ3n) is 5.89. The molecule has 0 unspecified atom stereocenters. The van der Waals surface area contributed by atoms with Crippen molar-refractivity contribution < 1.29 is 14.3 Å². The fourth-order valence-corrected chi connectivity index (χ4v) is 5.77. The highest BCUT2D eigenvalue weighted by molar-refractivity contribution is 14.1. The van der Waals surface area contributed by atoms with Crippen molar-refractivity contribution in [3.63, 3.8) is 0 Å². The number of amides is 1. The number of aryl methyl sites for hydroxylation is 2. The highest BCUT2D eigenvalue weighted by atomic mass is 127. The van der Waals surface area contributed by atoms with Gasteiger partial charge in [0.1, 0.15) is 0 Å². The number of thiazole rings is 1. The largest absolute Gasteiger partial charge is 0.490 e. The predicted octanol–water partition coefficient (Wildman–Crippen LogP) is 5.09. The van der Waals surface area contributed by atoms with E-state index >= 15 is 0 Å². The standard InChI is InChI=1S/C28H24IN3O4S/c1-4-35-23-13-18(12-20(29)26(23)36-15-25(33)30-19-8-6-5-7-9-19)14-24-27(34)32-22-11-17(3)16(2)10-21(22)31-28(32)37-24/h5-14H,4,15H2,1-3H3,(H,30,33)/b24-14-. The van der Waals surface area contributed by atoms with Crippen molar-refractivity contribution in [2.45, 2.75) is 20.8 Å². The monoisotopic (exact) mass is 625 g/mol. The summed E-state index contributed by atoms with van der Waals surface area (Å²) < 4.78 is 14.7. The van der Waals surface area contributed by atoms with Crippen LogP contribution in [0.1, 0.15) is 23.6 Å². The van der Waals surface area contributed by atoms with E-state index in [1.807, 2.05) is 81.4 Å². The number of fused-ring (bicyclic) bond motifs is 3. The lowest BCUT2D eigenvalue weighted by Gasteiger charge is -2.14. The Kier molecular flexibility index (Phi) is 7.16. The molecule has 1 amide bonds. The Morgan fingerprint density at radius 1 is 1.11 bits per heavy atom. The van der Waals surface area contributed by atoms with Gasteiger partial charge in [-0.3, -0.25) is 9.59 Å². The second-order valence-corrected chi connectivity index (χ2v) is 10.7. The second kappa shape index (κ2) is 10.5. The van der Waals surface area contributed by atoms with E-state index < -0.39 is 0 Å². The van der Waals surface area contributed by atoms with E-state index in [2.05, 4.69) is 32.9 Å². The van der Waals surface area contributed by atoms with E-state index in [4.69, 9.17) is 9.47 Å². The lowest BCUT2D eigenvalue weighted by atomic mass is 10.1. The minimum atomic E-state index is -0.268. The van der Waals surface area contributed by atoms with Crippen molar-refractivity contribution >= 4 is 67.6 Å². The number of rotatable bonds is 7. The van der Waals surface area contributed by atoms with Crippen molar-refractivity contribution in [3.8, 4) is 11.5 Å². The highest BCUT2D eigenvalue weighted by Gasteiger charge is 2.16. The zero-order valence-electron chi connectivity index (χ0n) is 20.5. The molecular weight excluding hydrogens is 601 g/mol. The number of carbonyl (C=O) groups excluding carboxylic acids is 1. The molecule has 0 radical (unpaired) electrons. The first kappa shape index (κ1) is 25.2. The van der Waals surface area contributed by atoms with E-state index in [9.17, 15) is 9.59 Å². The van der Waals surface area contributed by atoms with Crippen LogP contribution in [0.25, 0.3) is 22.1 Å². The maximum atomic E-state index is 13.3. The number of carbonyl (C=O) groups is 1. The van der Waals surface area contributed by atoms with Gasteiger partial charge in [0.2, 0.25) is 0 Å². The number of halogens is 1. The number of nitrogens with one attached hydrogen (secondary N) is 1. The Hall–Kier alpha value is -3.44. The Balaban J connectivity index is 1.46. The van der Waals surface area contributed by atoms with Crippen molar-refractivity contribution in [3.05, 3.63) is 89.7 Å². The number of para-hydroxylation sites is 1. The maximum absolute atomic E-state index is 13.3. The Labute approximate surface area is 230 Å². The molecule has 37 heavy (non-hydrogen) atoms. The number of hydrogen-bond acceptors (Lipinski definition) is 6. The van der Waals surface area contributed by atoms with Gasteiger partial charge in [0.25, 0.3) is 11.5 Å². The van der Waals surface area contributed by atoms with Crippen LogP contribution < -0.4 is 24.9 Å². The number of hydrogen-bond donors (Lipinski definition) is 1. The molecule has 3 aromatic carbocycles. The first-order chi connectivity index (χ1) is 17.8. The molecule has 9 heteroatoms. The molecule has 0 aliphatic rings. The molecule has 5 rings (SSSR count). The topological polar surface area (TPSA) is 81.9 Å². The van der Waals surface area contributed by atoms with E-state index in [1.54, 1.807) is 4.40 Å². The van der Waals surface area contributed by atoms with Crippen LogP contribution in [-0.2, 0) is 4.79 Å². The predicted molar refractivity (Wildman–Crippen MR) is 156 cm³/mol. The van der Waals surface area contributed by atoms with E-state index in [-0.39, 0.29) is 18.1 Å². The summed E-state index contributed by atoms with van der Waals surface area (Å²) in [7, 11) is 0. The average molecular weight is 625 g/mol. The molecule has 2 aromatic heterocycles. The third-order valence-corrected chi connectivity index (χ3v) is 7.66. The zero-order valence-corrected chi connectivity index (χ0v) is 23.5. The molecule has 0 bridgehead atoms. The average Bonchev–Trinajstić information content (AvgIpc) is 3.35. The molecular formula is C28H24IN3O4S. The lowest BCUT2D eigenvalue weighted by molar-refractivity contribution is -0.118. The fraction of sp³-hybridized carbons (Fsp3) is 0.179. The minimum Gasteiger partial charge on any atom is -0.490 e. The number of nitrogens with zero attached hydrogens (tertiary/aromatic N) is 2. The number of aromatic nitrogens is 2. The van der Waals surface area contributed by atoms with Gasteiger partial charge < -0.3 is 14.8 Å². The van der Waals surface area contributed by atoms with Crippen molar-refractivity contribution in [1.82, 2.24) is 9.38 Å². The third kappa shape index (κ3) is 5.19. The number of benzene rings is 3. The van der Waals surface area contributed by atoms with E-state index in [0.717, 1.165) is 31.3 Å². The van der Waals surface area contributed by atoms with Gasteiger partial charge in [-0.1, -0.05) is 29.5 Å². The number of ether oxygens (including phenoxy) is 2. The summed E-state index contributed by atoms with van der Waals surface area (Å²) in [6.45, 7) is 6.22. The first-order valence-electron chi connectivity index (χ1n) is 11.7.